The third-order valence-corrected chi connectivity index (χ3v) is 1.85. The van der Waals surface area contributed by atoms with E-state index < -0.39 is 35.4 Å². The van der Waals surface area contributed by atoms with E-state index in [0.717, 1.165) is 7.11 Å². The van der Waals surface area contributed by atoms with Gasteiger partial charge in [-0.3, -0.25) is 9.59 Å². The quantitative estimate of drug-likeness (QED) is 0.630. The number of hydrogen-bond acceptors (Lipinski definition) is 3. The number of carbonyl (C=O) groups is 2. The second kappa shape index (κ2) is 4.69. The number of ether oxygens (including phenoxy) is 1. The topological polar surface area (TPSA) is 63.6 Å². The number of carbonyl (C=O) groups excluding carboxylic acids is 1. The fourth-order valence-electron chi connectivity index (χ4n) is 1.13. The van der Waals surface area contributed by atoms with Crippen LogP contribution in [0.15, 0.2) is 12.1 Å². The number of Topliss-reactive ketones (excluding diaryl/α,β-unsaturated/α-hetero) is 1. The van der Waals surface area contributed by atoms with E-state index in [1.165, 1.54) is 0 Å². The van der Waals surface area contributed by atoms with Crippen molar-refractivity contribution < 1.29 is 28.2 Å². The van der Waals surface area contributed by atoms with Gasteiger partial charge in [0.25, 0.3) is 0 Å². The predicted molar refractivity (Wildman–Crippen MR) is 49.5 cm³/mol. The highest BCUT2D eigenvalue weighted by Crippen LogP contribution is 2.22. The summed E-state index contributed by atoms with van der Waals surface area (Å²) in [6.07, 6.45) is -0.886. The van der Waals surface area contributed by atoms with E-state index in [2.05, 4.69) is 4.74 Å². The Hall–Kier alpha value is -1.98. The molecule has 0 heterocycles. The lowest BCUT2D eigenvalue weighted by Crippen LogP contribution is -2.09. The van der Waals surface area contributed by atoms with Gasteiger partial charge in [0.05, 0.1) is 12.7 Å². The van der Waals surface area contributed by atoms with Crippen molar-refractivity contribution in [3.63, 3.8) is 0 Å². The molecule has 1 aromatic carbocycles. The van der Waals surface area contributed by atoms with Crippen molar-refractivity contribution in [3.8, 4) is 5.75 Å². The maximum absolute atomic E-state index is 13.3. The van der Waals surface area contributed by atoms with Crippen molar-refractivity contribution in [2.45, 2.75) is 6.42 Å². The molecule has 4 nitrogen and oxygen atoms in total. The number of aliphatic carboxylic acids is 1. The Kier molecular flexibility index (Phi) is 3.55. The molecule has 0 unspecified atom stereocenters. The largest absolute Gasteiger partial charge is 0.494 e. The van der Waals surface area contributed by atoms with Gasteiger partial charge >= 0.3 is 5.97 Å². The minimum Gasteiger partial charge on any atom is -0.494 e. The van der Waals surface area contributed by atoms with Crippen LogP contribution in [0.5, 0.6) is 5.75 Å². The summed E-state index contributed by atoms with van der Waals surface area (Å²) in [5.41, 5.74) is -0.597. The van der Waals surface area contributed by atoms with Gasteiger partial charge in [-0.25, -0.2) is 8.78 Å². The summed E-state index contributed by atoms with van der Waals surface area (Å²) in [4.78, 5) is 21.4. The first-order valence-electron chi connectivity index (χ1n) is 4.23. The molecule has 86 valence electrons. The molecule has 0 aliphatic heterocycles. The number of halogens is 2. The molecule has 0 saturated carbocycles. The number of methoxy groups -OCH3 is 1. The first kappa shape index (κ1) is 12.1. The average molecular weight is 230 g/mol. The molecular formula is C10H8F2O4. The van der Waals surface area contributed by atoms with Crippen LogP contribution in [0.4, 0.5) is 8.78 Å². The molecule has 6 heteroatoms. The highest BCUT2D eigenvalue weighted by atomic mass is 19.1. The minimum atomic E-state index is -1.40. The van der Waals surface area contributed by atoms with Crippen LogP contribution in [0.2, 0.25) is 0 Å². The Morgan fingerprint density at radius 3 is 2.44 bits per heavy atom. The summed E-state index contributed by atoms with van der Waals surface area (Å²) in [5, 5.41) is 8.34. The molecular weight excluding hydrogens is 222 g/mol. The third-order valence-electron chi connectivity index (χ3n) is 1.85. The minimum absolute atomic E-state index is 0.343. The van der Waals surface area contributed by atoms with Crippen LogP contribution < -0.4 is 4.74 Å². The molecule has 0 aliphatic rings. The predicted octanol–water partition coefficient (Wildman–Crippen LogP) is 1.63. The molecule has 0 aromatic heterocycles. The van der Waals surface area contributed by atoms with E-state index in [9.17, 15) is 18.4 Å². The number of carboxylic acids is 1. The number of rotatable bonds is 4. The smallest absolute Gasteiger partial charge is 0.311 e. The average Bonchev–Trinajstić information content (AvgIpc) is 2.19. The second-order valence-electron chi connectivity index (χ2n) is 2.96. The highest BCUT2D eigenvalue weighted by Gasteiger charge is 2.18. The Bertz CT molecular complexity index is 443. The second-order valence-corrected chi connectivity index (χ2v) is 2.96. The molecule has 0 aliphatic carbocycles. The Morgan fingerprint density at radius 2 is 1.94 bits per heavy atom. The summed E-state index contributed by atoms with van der Waals surface area (Å²) < 4.78 is 30.9. The van der Waals surface area contributed by atoms with E-state index in [1.54, 1.807) is 0 Å². The molecule has 0 atom stereocenters. The fraction of sp³-hybridized carbons (Fsp3) is 0.200. The van der Waals surface area contributed by atoms with Gasteiger partial charge in [-0.05, 0) is 6.07 Å². The Balaban J connectivity index is 3.10. The van der Waals surface area contributed by atoms with Gasteiger partial charge in [0.15, 0.2) is 17.3 Å². The fourth-order valence-corrected chi connectivity index (χ4v) is 1.13. The lowest BCUT2D eigenvalue weighted by molar-refractivity contribution is -0.135. The maximum Gasteiger partial charge on any atom is 0.311 e. The van der Waals surface area contributed by atoms with Crippen molar-refractivity contribution in [3.05, 3.63) is 29.3 Å². The monoisotopic (exact) mass is 230 g/mol. The lowest BCUT2D eigenvalue weighted by atomic mass is 10.1. The molecule has 0 spiro atoms. The van der Waals surface area contributed by atoms with Crippen molar-refractivity contribution in [2.75, 3.05) is 7.11 Å². The van der Waals surface area contributed by atoms with E-state index in [1.807, 2.05) is 0 Å². The Labute approximate surface area is 89.5 Å². The molecule has 0 fully saturated rings. The standard InChI is InChI=1S/C10H8F2O4/c1-16-9-3-6(11)5(2-7(9)12)8(13)4-10(14)15/h2-3H,4H2,1H3,(H,14,15). The number of ketones is 1. The molecule has 0 saturated heterocycles. The van der Waals surface area contributed by atoms with Crippen molar-refractivity contribution in [1.82, 2.24) is 0 Å². The number of hydrogen-bond donors (Lipinski definition) is 1. The zero-order chi connectivity index (χ0) is 12.3. The number of carboxylic acid groups (broad SMARTS) is 1. The van der Waals surface area contributed by atoms with Crippen LogP contribution in [0, 0.1) is 11.6 Å². The normalized spacial score (nSPS) is 9.94. The van der Waals surface area contributed by atoms with E-state index in [0.29, 0.717) is 12.1 Å². The zero-order valence-corrected chi connectivity index (χ0v) is 8.29. The zero-order valence-electron chi connectivity index (χ0n) is 8.29. The van der Waals surface area contributed by atoms with Gasteiger partial charge in [-0.15, -0.1) is 0 Å². The first-order valence-corrected chi connectivity index (χ1v) is 4.23. The van der Waals surface area contributed by atoms with Crippen LogP contribution in [0.1, 0.15) is 16.8 Å². The van der Waals surface area contributed by atoms with Crippen LogP contribution in [-0.2, 0) is 4.79 Å². The van der Waals surface area contributed by atoms with Crippen LogP contribution >= 0.6 is 0 Å². The van der Waals surface area contributed by atoms with E-state index in [4.69, 9.17) is 5.11 Å². The molecule has 0 radical (unpaired) electrons. The van der Waals surface area contributed by atoms with Gasteiger partial charge in [0, 0.05) is 6.07 Å². The van der Waals surface area contributed by atoms with E-state index >= 15 is 0 Å². The van der Waals surface area contributed by atoms with Gasteiger partial charge in [0.2, 0.25) is 0 Å². The van der Waals surface area contributed by atoms with Crippen molar-refractivity contribution in [1.29, 1.82) is 0 Å². The summed E-state index contributed by atoms with van der Waals surface area (Å²) in [6, 6.07) is 1.32. The molecule has 1 aromatic rings. The first-order chi connectivity index (χ1) is 7.45. The lowest BCUT2D eigenvalue weighted by Gasteiger charge is -2.05. The van der Waals surface area contributed by atoms with Gasteiger partial charge in [-0.2, -0.15) is 0 Å². The third kappa shape index (κ3) is 2.53. The highest BCUT2D eigenvalue weighted by molar-refractivity contribution is 6.05. The SMILES string of the molecule is COc1cc(F)c(C(=O)CC(=O)O)cc1F. The molecule has 0 amide bonds. The van der Waals surface area contributed by atoms with Gasteiger partial charge in [0.1, 0.15) is 12.2 Å². The van der Waals surface area contributed by atoms with Crippen molar-refractivity contribution >= 4 is 11.8 Å². The van der Waals surface area contributed by atoms with Gasteiger partial charge < -0.3 is 9.84 Å². The summed E-state index contributed by atoms with van der Waals surface area (Å²) >= 11 is 0. The molecule has 16 heavy (non-hydrogen) atoms. The van der Waals surface area contributed by atoms with Gasteiger partial charge in [-0.1, -0.05) is 0 Å². The van der Waals surface area contributed by atoms with Crippen LogP contribution in [0.3, 0.4) is 0 Å². The summed E-state index contributed by atoms with van der Waals surface area (Å²) in [5.74, 6) is -4.67. The Morgan fingerprint density at radius 1 is 1.31 bits per heavy atom. The number of benzene rings is 1. The van der Waals surface area contributed by atoms with Crippen LogP contribution in [0.25, 0.3) is 0 Å². The van der Waals surface area contributed by atoms with Crippen molar-refractivity contribution in [2.24, 2.45) is 0 Å². The molecule has 0 bridgehead atoms. The molecule has 1 rings (SSSR count). The summed E-state index contributed by atoms with van der Waals surface area (Å²) in [7, 11) is 1.15. The summed E-state index contributed by atoms with van der Waals surface area (Å²) in [6.45, 7) is 0. The maximum atomic E-state index is 13.3. The van der Waals surface area contributed by atoms with E-state index in [-0.39, 0.29) is 5.75 Å². The van der Waals surface area contributed by atoms with Crippen LogP contribution in [-0.4, -0.2) is 24.0 Å². The molecule has 1 N–H and O–H groups in total.